The molecule has 14 amide bonds. The molecule has 0 radical (unpaired) electrons. The first kappa shape index (κ1) is 85.7. The Bertz CT molecular complexity index is 5170. The first-order valence-corrected chi connectivity index (χ1v) is 36.8. The summed E-state index contributed by atoms with van der Waals surface area (Å²) in [6.07, 6.45) is 16.0. The number of hydrogen-bond donors (Lipinski definition) is 15. The van der Waals surface area contributed by atoms with Gasteiger partial charge in [0.2, 0.25) is 47.0 Å². The number of anilines is 9. The second-order valence-electron chi connectivity index (χ2n) is 27.6. The molecule has 15 N–H and O–H groups in total. The van der Waals surface area contributed by atoms with Crippen LogP contribution < -0.4 is 74.6 Å². The summed E-state index contributed by atoms with van der Waals surface area (Å²) in [6.45, 7) is 1.37. The molecule has 8 aromatic heterocycles. The molecule has 8 heterocycles. The second kappa shape index (κ2) is 39.8. The van der Waals surface area contributed by atoms with E-state index in [0.29, 0.717) is 59.1 Å². The fourth-order valence-electron chi connectivity index (χ4n) is 12.0. The Morgan fingerprint density at radius 1 is 0.302 bits per heavy atom. The highest BCUT2D eigenvalue weighted by Gasteiger charge is 2.26. The summed E-state index contributed by atoms with van der Waals surface area (Å²) in [5, 5.41) is 43.8. The molecular formula is C75H94N26O15. The molecule has 41 nitrogen and oxygen atoms in total. The quantitative estimate of drug-likeness (QED) is 0.0147. The van der Waals surface area contributed by atoms with Gasteiger partial charge in [0.25, 0.3) is 53.2 Å². The molecular weight excluding hydrogens is 1500 g/mol. The lowest BCUT2D eigenvalue weighted by atomic mass is 10.1. The fraction of sp³-hybridized carbons (Fsp3) is 0.347. The maximum Gasteiger partial charge on any atom is 0.292 e. The van der Waals surface area contributed by atoms with Crippen molar-refractivity contribution in [3.05, 3.63) is 156 Å². The van der Waals surface area contributed by atoms with E-state index in [9.17, 15) is 67.1 Å². The Morgan fingerprint density at radius 3 is 1.06 bits per heavy atom. The van der Waals surface area contributed by atoms with Crippen molar-refractivity contribution in [3.8, 4) is 0 Å². The maximum atomic E-state index is 13.5. The van der Waals surface area contributed by atoms with Crippen LogP contribution in [-0.4, -0.2) is 191 Å². The zero-order chi connectivity index (χ0) is 84.0. The van der Waals surface area contributed by atoms with Gasteiger partial charge in [-0.15, -0.1) is 0 Å². The van der Waals surface area contributed by atoms with Gasteiger partial charge in [-0.1, -0.05) is 12.8 Å². The molecule has 1 aromatic carbocycles. The van der Waals surface area contributed by atoms with Gasteiger partial charge in [-0.25, -0.2) is 20.4 Å². The maximum absolute atomic E-state index is 13.5. The number of hydrogen-bond acceptors (Lipinski definition) is 19. The Hall–Kier alpha value is -14.3. The number of nitrogens with zero attached hydrogens (tertiary/aromatic N) is 12. The van der Waals surface area contributed by atoms with E-state index in [-0.39, 0.29) is 133 Å². The number of imidazole rings is 3. The lowest BCUT2D eigenvalue weighted by molar-refractivity contribution is -0.129. The molecule has 0 unspecified atom stereocenters. The minimum Gasteiger partial charge on any atom is -0.356 e. The highest BCUT2D eigenvalue weighted by Crippen LogP contribution is 2.24. The number of hydroxylamine groups is 1. The molecule has 41 heteroatoms. The van der Waals surface area contributed by atoms with Gasteiger partial charge in [0.05, 0.1) is 28.4 Å². The molecule has 614 valence electrons. The van der Waals surface area contributed by atoms with E-state index in [1.165, 1.54) is 110 Å². The van der Waals surface area contributed by atoms with Crippen molar-refractivity contribution in [1.29, 1.82) is 0 Å². The van der Waals surface area contributed by atoms with Crippen molar-refractivity contribution in [2.45, 2.75) is 70.6 Å². The summed E-state index contributed by atoms with van der Waals surface area (Å²) >= 11 is 0. The van der Waals surface area contributed by atoms with Crippen LogP contribution in [0.5, 0.6) is 0 Å². The molecule has 0 fully saturated rings. The minimum absolute atomic E-state index is 0.00138. The minimum atomic E-state index is -0.747. The summed E-state index contributed by atoms with van der Waals surface area (Å²) in [5.41, 5.74) is 5.13. The summed E-state index contributed by atoms with van der Waals surface area (Å²) in [6, 6.07) is 13.7. The van der Waals surface area contributed by atoms with Crippen LogP contribution in [-0.2, 0) is 80.4 Å². The zero-order valence-corrected chi connectivity index (χ0v) is 65.7. The number of benzene rings is 1. The van der Waals surface area contributed by atoms with Gasteiger partial charge in [-0.2, -0.15) is 0 Å². The van der Waals surface area contributed by atoms with Crippen molar-refractivity contribution in [2.24, 2.45) is 56.4 Å². The lowest BCUT2D eigenvalue weighted by Gasteiger charge is -2.10. The molecule has 0 bridgehead atoms. The van der Waals surface area contributed by atoms with E-state index in [0.717, 1.165) is 25.8 Å². The number of aryl methyl sites for hydroxylation is 8. The molecule has 9 rings (SSSR count). The molecule has 0 saturated carbocycles. The van der Waals surface area contributed by atoms with Crippen molar-refractivity contribution >= 4 is 134 Å². The van der Waals surface area contributed by atoms with Crippen LogP contribution in [0.3, 0.4) is 0 Å². The average molecular weight is 1600 g/mol. The first-order valence-electron chi connectivity index (χ1n) is 36.8. The van der Waals surface area contributed by atoms with Crippen LogP contribution in [0.15, 0.2) is 104 Å². The molecule has 0 spiro atoms. The highest BCUT2D eigenvalue weighted by molar-refractivity contribution is 6.10. The number of carbonyl (C=O) groups is 14. The van der Waals surface area contributed by atoms with Crippen molar-refractivity contribution in [3.63, 3.8) is 0 Å². The summed E-state index contributed by atoms with van der Waals surface area (Å²) in [5.74, 6) is -7.29. The Kier molecular flexibility index (Phi) is 29.4. The monoisotopic (exact) mass is 1600 g/mol. The molecule has 0 aliphatic rings. The summed E-state index contributed by atoms with van der Waals surface area (Å²) in [7, 11) is 16.6. The summed E-state index contributed by atoms with van der Waals surface area (Å²) in [4.78, 5) is 196. The number of rotatable bonds is 39. The normalized spacial score (nSPS) is 11.0. The summed E-state index contributed by atoms with van der Waals surface area (Å²) < 4.78 is 11.7. The average Bonchev–Trinajstić information content (AvgIpc) is 1.67. The predicted octanol–water partition coefficient (Wildman–Crippen LogP) is 3.97. The number of unbranched alkanes of at least 4 members (excludes halogenated alkanes) is 3. The molecule has 0 saturated heterocycles. The van der Waals surface area contributed by atoms with E-state index in [1.54, 1.807) is 92.8 Å². The first-order chi connectivity index (χ1) is 55.3. The third kappa shape index (κ3) is 24.1. The fourth-order valence-corrected chi connectivity index (χ4v) is 12.0. The van der Waals surface area contributed by atoms with E-state index >= 15 is 0 Å². The van der Waals surface area contributed by atoms with Gasteiger partial charge >= 0.3 is 0 Å². The molecule has 116 heavy (non-hydrogen) atoms. The standard InChI is InChI=1S/C75H94N26O15/c1-93(2)30-16-27-77-68(108)51-33-48(38-94(51)3)83-70(110)53-35-50(40-97(53)6)85-71(111)54-34-49(39-98(54)7)84-69(109)52-31-46(36-95(52)4)81-61(104)19-15-26-78-73(113)64-86-57(42-99(64)8)90-75(115)66-88-58(43-101(66)10)91-74(114)65-87-56(41-100(65)9)89-72(112)55-32-47(37-96(55)5)82-62(105)25-28-76-59(102)24-29-79-67(107)44-20-22-45(23-21-44)80-60(103)17-13-11-12-14-18-63(106)92-116/h20-23,31-43,116H,11-19,24-30H2,1-10H3,(H,76,102)(H,77,108)(H,78,113)(H,79,107)(H,80,103)(H,81,104)(H,82,105)(H,83,110)(H,84,109)(H,85,111)(H,89,112)(H,90,115)(H,91,114)(H,92,106). The van der Waals surface area contributed by atoms with Crippen LogP contribution >= 0.6 is 0 Å². The van der Waals surface area contributed by atoms with Crippen molar-refractivity contribution in [1.82, 2.24) is 83.1 Å². The van der Waals surface area contributed by atoms with E-state index in [4.69, 9.17) is 5.21 Å². The van der Waals surface area contributed by atoms with Crippen LogP contribution in [0.4, 0.5) is 51.6 Å². The highest BCUT2D eigenvalue weighted by atomic mass is 16.5. The van der Waals surface area contributed by atoms with Gasteiger partial charge in [-0.3, -0.25) is 72.3 Å². The van der Waals surface area contributed by atoms with Crippen LogP contribution in [0, 0.1) is 0 Å². The number of nitrogens with one attached hydrogen (secondary N) is 14. The Morgan fingerprint density at radius 2 is 0.629 bits per heavy atom. The van der Waals surface area contributed by atoms with Gasteiger partial charge in [0.15, 0.2) is 17.5 Å². The molecule has 0 aliphatic heterocycles. The third-order valence-corrected chi connectivity index (χ3v) is 17.9. The molecule has 0 aliphatic carbocycles. The molecule has 0 atom stereocenters. The Balaban J connectivity index is 0.646. The second-order valence-corrected chi connectivity index (χ2v) is 27.6. The van der Waals surface area contributed by atoms with E-state index in [2.05, 4.69) is 84.1 Å². The topological polar surface area (TPSA) is 509 Å². The van der Waals surface area contributed by atoms with Gasteiger partial charge in [-0.05, 0) is 101 Å². The van der Waals surface area contributed by atoms with Gasteiger partial charge in [0, 0.05) is 175 Å². The lowest BCUT2D eigenvalue weighted by Crippen LogP contribution is -2.32. The van der Waals surface area contributed by atoms with Crippen LogP contribution in [0.25, 0.3) is 0 Å². The third-order valence-electron chi connectivity index (χ3n) is 17.9. The number of carbonyl (C=O) groups excluding carboxylic acids is 14. The Labute approximate surface area is 664 Å². The van der Waals surface area contributed by atoms with E-state index in [1.807, 2.05) is 19.0 Å². The van der Waals surface area contributed by atoms with E-state index < -0.39 is 70.9 Å². The largest absolute Gasteiger partial charge is 0.356 e. The number of amides is 14. The van der Waals surface area contributed by atoms with Crippen molar-refractivity contribution < 1.29 is 72.3 Å². The predicted molar refractivity (Wildman–Crippen MR) is 426 cm³/mol. The van der Waals surface area contributed by atoms with Crippen molar-refractivity contribution in [2.75, 3.05) is 94.7 Å². The number of aromatic nitrogens is 11. The molecule has 9 aromatic rings. The van der Waals surface area contributed by atoms with Gasteiger partial charge < -0.3 is 111 Å². The zero-order valence-electron chi connectivity index (χ0n) is 65.7. The van der Waals surface area contributed by atoms with Gasteiger partial charge in [0.1, 0.15) is 28.5 Å². The van der Waals surface area contributed by atoms with Crippen LogP contribution in [0.2, 0.25) is 0 Å². The SMILES string of the molecule is CN(C)CCCNC(=O)c1cc(NC(=O)c2cc(NC(=O)c3cc(NC(=O)c4cc(NC(=O)CCCNC(=O)c5nc(NC(=O)c6nc(NC(=O)c7nc(NC(=O)c8cc(NC(=O)CCNC(=O)CCNC(=O)c9ccc(NC(=O)CCCCCCC(=O)NO)cc9)cn8C)cn7C)cn6C)cn5C)cn4C)cn3C)cn2C)cn1C. The van der Waals surface area contributed by atoms with Crippen LogP contribution in [0.1, 0.15) is 165 Å². The smallest absolute Gasteiger partial charge is 0.292 e.